The zero-order valence-corrected chi connectivity index (χ0v) is 14.9. The van der Waals surface area contributed by atoms with Crippen molar-refractivity contribution < 1.29 is 9.53 Å². The highest BCUT2D eigenvalue weighted by atomic mass is 32.1. The van der Waals surface area contributed by atoms with Crippen LogP contribution < -0.4 is 15.4 Å². The fraction of sp³-hybridized carbons (Fsp3) is 0.263. The number of pyridine rings is 1. The number of amides is 2. The fourth-order valence-electron chi connectivity index (χ4n) is 2.60. The number of ether oxygens (including phenoxy) is 1. The summed E-state index contributed by atoms with van der Waals surface area (Å²) in [5.41, 5.74) is 2.13. The Bertz CT molecular complexity index is 847. The lowest BCUT2D eigenvalue weighted by molar-refractivity contribution is 0.240. The molecule has 0 aliphatic carbocycles. The van der Waals surface area contributed by atoms with Gasteiger partial charge < -0.3 is 15.4 Å². The largest absolute Gasteiger partial charge is 0.478 e. The van der Waals surface area contributed by atoms with Gasteiger partial charge in [-0.1, -0.05) is 24.3 Å². The average Bonchev–Trinajstić information content (AvgIpc) is 3.05. The Morgan fingerprint density at radius 1 is 1.16 bits per heavy atom. The first-order valence-corrected chi connectivity index (χ1v) is 9.19. The summed E-state index contributed by atoms with van der Waals surface area (Å²) in [7, 11) is 0. The van der Waals surface area contributed by atoms with Crippen molar-refractivity contribution >= 4 is 27.5 Å². The summed E-state index contributed by atoms with van der Waals surface area (Å²) >= 11 is 1.74. The molecule has 0 saturated carbocycles. The first-order valence-electron chi connectivity index (χ1n) is 8.31. The molecule has 0 aliphatic rings. The Morgan fingerprint density at radius 2 is 2.04 bits per heavy atom. The van der Waals surface area contributed by atoms with Crippen molar-refractivity contribution in [1.82, 2.24) is 15.6 Å². The van der Waals surface area contributed by atoms with Gasteiger partial charge in [0.1, 0.15) is 0 Å². The molecule has 0 bridgehead atoms. The van der Waals surface area contributed by atoms with Crippen LogP contribution in [0.5, 0.6) is 5.88 Å². The molecular weight excluding hydrogens is 334 g/mol. The summed E-state index contributed by atoms with van der Waals surface area (Å²) in [5, 5.41) is 9.18. The standard InChI is InChI=1S/C19H21N3O2S/c1-2-24-18-14(6-5-10-20-18)12-22-19(23)21-11-9-15-13-25-17-8-4-3-7-16(15)17/h3-8,10,13H,2,9,11-12H2,1H3,(H2,21,22,23). The van der Waals surface area contributed by atoms with Crippen LogP contribution in [0.4, 0.5) is 4.79 Å². The zero-order valence-electron chi connectivity index (χ0n) is 14.1. The van der Waals surface area contributed by atoms with Gasteiger partial charge in [-0.15, -0.1) is 11.3 Å². The van der Waals surface area contributed by atoms with Gasteiger partial charge in [-0.2, -0.15) is 0 Å². The molecule has 2 aromatic heterocycles. The Morgan fingerprint density at radius 3 is 2.92 bits per heavy atom. The molecule has 0 fully saturated rings. The molecule has 0 saturated heterocycles. The molecule has 2 amide bonds. The number of carbonyl (C=O) groups is 1. The summed E-state index contributed by atoms with van der Waals surface area (Å²) in [6, 6.07) is 11.9. The summed E-state index contributed by atoms with van der Waals surface area (Å²) < 4.78 is 6.74. The quantitative estimate of drug-likeness (QED) is 0.679. The van der Waals surface area contributed by atoms with Gasteiger partial charge in [-0.05, 0) is 41.8 Å². The number of thiophene rings is 1. The molecule has 25 heavy (non-hydrogen) atoms. The van der Waals surface area contributed by atoms with Gasteiger partial charge in [0.25, 0.3) is 0 Å². The molecule has 2 heterocycles. The minimum atomic E-state index is -0.189. The second-order valence-corrected chi connectivity index (χ2v) is 6.43. The van der Waals surface area contributed by atoms with Gasteiger partial charge in [0, 0.05) is 29.5 Å². The predicted molar refractivity (Wildman–Crippen MR) is 101 cm³/mol. The lowest BCUT2D eigenvalue weighted by atomic mass is 10.1. The van der Waals surface area contributed by atoms with Crippen molar-refractivity contribution in [1.29, 1.82) is 0 Å². The van der Waals surface area contributed by atoms with Gasteiger partial charge >= 0.3 is 6.03 Å². The van der Waals surface area contributed by atoms with Crippen molar-refractivity contribution in [3.63, 3.8) is 0 Å². The lowest BCUT2D eigenvalue weighted by Gasteiger charge is -2.10. The second kappa shape index (κ2) is 8.48. The van der Waals surface area contributed by atoms with Gasteiger partial charge in [0.15, 0.2) is 0 Å². The number of rotatable bonds is 7. The Hall–Kier alpha value is -2.60. The van der Waals surface area contributed by atoms with Crippen LogP contribution in [0.25, 0.3) is 10.1 Å². The molecule has 0 spiro atoms. The monoisotopic (exact) mass is 355 g/mol. The third-order valence-corrected chi connectivity index (χ3v) is 4.82. The van der Waals surface area contributed by atoms with E-state index in [0.29, 0.717) is 25.6 Å². The SMILES string of the molecule is CCOc1ncccc1CNC(=O)NCCc1csc2ccccc12. The van der Waals surface area contributed by atoms with Gasteiger partial charge in [-0.3, -0.25) is 0 Å². The molecule has 0 unspecified atom stereocenters. The highest BCUT2D eigenvalue weighted by molar-refractivity contribution is 7.17. The summed E-state index contributed by atoms with van der Waals surface area (Å²) in [6.45, 7) is 3.44. The number of aromatic nitrogens is 1. The third kappa shape index (κ3) is 4.48. The van der Waals surface area contributed by atoms with Crippen molar-refractivity contribution in [2.45, 2.75) is 19.9 Å². The molecule has 2 N–H and O–H groups in total. The van der Waals surface area contributed by atoms with Gasteiger partial charge in [-0.25, -0.2) is 9.78 Å². The van der Waals surface area contributed by atoms with Gasteiger partial charge in [0.05, 0.1) is 6.61 Å². The van der Waals surface area contributed by atoms with Crippen LogP contribution in [-0.4, -0.2) is 24.2 Å². The van der Waals surface area contributed by atoms with E-state index in [1.54, 1.807) is 17.5 Å². The van der Waals surface area contributed by atoms with Crippen LogP contribution in [0.2, 0.25) is 0 Å². The Kier molecular flexibility index (Phi) is 5.85. The zero-order chi connectivity index (χ0) is 17.5. The van der Waals surface area contributed by atoms with Crippen molar-refractivity contribution in [2.24, 2.45) is 0 Å². The number of fused-ring (bicyclic) bond motifs is 1. The molecule has 0 radical (unpaired) electrons. The number of carbonyl (C=O) groups excluding carboxylic acids is 1. The minimum Gasteiger partial charge on any atom is -0.478 e. The van der Waals surface area contributed by atoms with Crippen molar-refractivity contribution in [3.05, 3.63) is 59.1 Å². The van der Waals surface area contributed by atoms with E-state index in [1.165, 1.54) is 15.6 Å². The smallest absolute Gasteiger partial charge is 0.315 e. The van der Waals surface area contributed by atoms with Crippen LogP contribution in [0.1, 0.15) is 18.1 Å². The number of hydrogen-bond donors (Lipinski definition) is 2. The highest BCUT2D eigenvalue weighted by Gasteiger charge is 2.07. The van der Waals surface area contributed by atoms with E-state index in [-0.39, 0.29) is 6.03 Å². The third-order valence-electron chi connectivity index (χ3n) is 3.81. The molecule has 0 atom stereocenters. The number of hydrogen-bond acceptors (Lipinski definition) is 4. The lowest BCUT2D eigenvalue weighted by Crippen LogP contribution is -2.36. The summed E-state index contributed by atoms with van der Waals surface area (Å²) in [5.74, 6) is 0.565. The van der Waals surface area contributed by atoms with E-state index in [4.69, 9.17) is 4.74 Å². The van der Waals surface area contributed by atoms with Crippen LogP contribution in [-0.2, 0) is 13.0 Å². The maximum atomic E-state index is 12.0. The van der Waals surface area contributed by atoms with Crippen LogP contribution in [0.15, 0.2) is 48.0 Å². The highest BCUT2D eigenvalue weighted by Crippen LogP contribution is 2.25. The van der Waals surface area contributed by atoms with Crippen LogP contribution in [0, 0.1) is 0 Å². The van der Waals surface area contributed by atoms with Crippen molar-refractivity contribution in [2.75, 3.05) is 13.2 Å². The minimum absolute atomic E-state index is 0.189. The van der Waals surface area contributed by atoms with Crippen LogP contribution >= 0.6 is 11.3 Å². The second-order valence-electron chi connectivity index (χ2n) is 5.52. The van der Waals surface area contributed by atoms with E-state index >= 15 is 0 Å². The van der Waals surface area contributed by atoms with E-state index in [2.05, 4.69) is 33.1 Å². The number of benzene rings is 1. The van der Waals surface area contributed by atoms with E-state index in [1.807, 2.05) is 31.2 Å². The molecule has 1 aromatic carbocycles. The number of urea groups is 1. The molecule has 0 aliphatic heterocycles. The first-order chi connectivity index (χ1) is 12.3. The molecular formula is C19H21N3O2S. The maximum Gasteiger partial charge on any atom is 0.315 e. The summed E-state index contributed by atoms with van der Waals surface area (Å²) in [6.07, 6.45) is 2.49. The van der Waals surface area contributed by atoms with E-state index < -0.39 is 0 Å². The first kappa shape index (κ1) is 17.2. The summed E-state index contributed by atoms with van der Waals surface area (Å²) in [4.78, 5) is 16.2. The Balaban J connectivity index is 1.47. The molecule has 5 nitrogen and oxygen atoms in total. The number of nitrogens with zero attached hydrogens (tertiary/aromatic N) is 1. The predicted octanol–water partition coefficient (Wildman–Crippen LogP) is 3.74. The van der Waals surface area contributed by atoms with E-state index in [9.17, 15) is 4.79 Å². The maximum absolute atomic E-state index is 12.0. The van der Waals surface area contributed by atoms with Crippen LogP contribution in [0.3, 0.4) is 0 Å². The van der Waals surface area contributed by atoms with E-state index in [0.717, 1.165) is 12.0 Å². The topological polar surface area (TPSA) is 63.2 Å². The molecule has 3 rings (SSSR count). The molecule has 6 heteroatoms. The average molecular weight is 355 g/mol. The number of nitrogens with one attached hydrogen (secondary N) is 2. The fourth-order valence-corrected chi connectivity index (χ4v) is 3.60. The molecule has 130 valence electrons. The normalized spacial score (nSPS) is 10.6. The van der Waals surface area contributed by atoms with Crippen molar-refractivity contribution in [3.8, 4) is 5.88 Å². The molecule has 3 aromatic rings. The van der Waals surface area contributed by atoms with Gasteiger partial charge in [0.2, 0.25) is 5.88 Å². The Labute approximate surface area is 151 Å².